The Balaban J connectivity index is 1.61. The molecule has 31 heavy (non-hydrogen) atoms. The molecule has 1 fully saturated rings. The molecule has 3 atom stereocenters. The van der Waals surface area contributed by atoms with Gasteiger partial charge in [-0.3, -0.25) is 9.38 Å². The molecule has 3 aromatic heterocycles. The molecule has 0 aromatic carbocycles. The van der Waals surface area contributed by atoms with E-state index in [1.165, 1.54) is 41.3 Å². The lowest BCUT2D eigenvalue weighted by atomic mass is 9.97. The van der Waals surface area contributed by atoms with Crippen molar-refractivity contribution >= 4 is 11.5 Å². The summed E-state index contributed by atoms with van der Waals surface area (Å²) in [5, 5.41) is 16.2. The van der Waals surface area contributed by atoms with Crippen molar-refractivity contribution < 1.29 is 22.7 Å². The third kappa shape index (κ3) is 4.19. The summed E-state index contributed by atoms with van der Waals surface area (Å²) in [5.41, 5.74) is -2.17. The third-order valence-electron chi connectivity index (χ3n) is 5.58. The highest BCUT2D eigenvalue weighted by Gasteiger charge is 2.51. The number of nitrogens with one attached hydrogen (secondary N) is 2. The van der Waals surface area contributed by atoms with Gasteiger partial charge in [0.25, 0.3) is 0 Å². The Kier molecular flexibility index (Phi) is 5.56. The molecule has 1 aliphatic rings. The van der Waals surface area contributed by atoms with E-state index in [1.54, 1.807) is 0 Å². The topological polar surface area (TPSA) is 87.4 Å². The molecular formula is C20H22F4N6O. The number of imidazole rings is 1. The average molecular weight is 438 g/mol. The van der Waals surface area contributed by atoms with Crippen molar-refractivity contribution in [2.75, 3.05) is 25.0 Å². The molecule has 1 saturated heterocycles. The monoisotopic (exact) mass is 438 g/mol. The number of pyridine rings is 1. The minimum atomic E-state index is -4.84. The number of piperidine rings is 1. The molecule has 0 unspecified atom stereocenters. The Morgan fingerprint density at radius 2 is 2.06 bits per heavy atom. The summed E-state index contributed by atoms with van der Waals surface area (Å²) in [6.45, 7) is 2.30. The Hall–Kier alpha value is -2.79. The van der Waals surface area contributed by atoms with Crippen LogP contribution in [0.5, 0.6) is 0 Å². The van der Waals surface area contributed by atoms with E-state index in [4.69, 9.17) is 0 Å². The number of fused-ring (bicyclic) bond motifs is 1. The first-order valence-corrected chi connectivity index (χ1v) is 9.84. The second kappa shape index (κ2) is 8.04. The van der Waals surface area contributed by atoms with Crippen LogP contribution in [-0.4, -0.2) is 56.4 Å². The fourth-order valence-corrected chi connectivity index (χ4v) is 3.52. The first-order chi connectivity index (χ1) is 14.7. The van der Waals surface area contributed by atoms with Gasteiger partial charge in [-0.15, -0.1) is 0 Å². The van der Waals surface area contributed by atoms with E-state index in [-0.39, 0.29) is 11.5 Å². The summed E-state index contributed by atoms with van der Waals surface area (Å²) < 4.78 is 55.2. The van der Waals surface area contributed by atoms with Crippen molar-refractivity contribution in [3.63, 3.8) is 0 Å². The molecule has 3 aromatic rings. The summed E-state index contributed by atoms with van der Waals surface area (Å²) in [5.74, 6) is 0.228. The zero-order chi connectivity index (χ0) is 22.2. The summed E-state index contributed by atoms with van der Waals surface area (Å²) in [4.78, 5) is 12.8. The standard InChI is InChI=1S/C20H22F4N6O/c1-19(31,20(22,23)24)13-2-3-18-28-9-16(30(18)11-13)15-8-26-10-17(29-15)27-7-12-6-25-5-4-14(12)21/h2-3,8-12,14,25,31H,4-7H2,1H3,(H,27,29)/t12-,14+,19-/m1/s1. The normalized spacial score (nSPS) is 21.7. The maximum Gasteiger partial charge on any atom is 0.421 e. The second-order valence-electron chi connectivity index (χ2n) is 7.80. The Labute approximate surface area is 175 Å². The number of aliphatic hydroxyl groups is 1. The highest BCUT2D eigenvalue weighted by molar-refractivity contribution is 5.61. The smallest absolute Gasteiger partial charge is 0.376 e. The summed E-state index contributed by atoms with van der Waals surface area (Å²) in [6, 6.07) is 2.58. The molecular weight excluding hydrogens is 416 g/mol. The van der Waals surface area contributed by atoms with E-state index in [1.807, 2.05) is 0 Å². The third-order valence-corrected chi connectivity index (χ3v) is 5.58. The van der Waals surface area contributed by atoms with Crippen LogP contribution in [0.4, 0.5) is 23.4 Å². The van der Waals surface area contributed by atoms with Crippen molar-refractivity contribution in [3.05, 3.63) is 42.5 Å². The molecule has 166 valence electrons. The number of hydrogen-bond acceptors (Lipinski definition) is 6. The van der Waals surface area contributed by atoms with Crippen LogP contribution in [-0.2, 0) is 5.60 Å². The van der Waals surface area contributed by atoms with E-state index in [0.29, 0.717) is 55.8 Å². The fourth-order valence-electron chi connectivity index (χ4n) is 3.52. The number of anilines is 1. The number of halogens is 4. The minimum Gasteiger partial charge on any atom is -0.376 e. The van der Waals surface area contributed by atoms with Gasteiger partial charge in [-0.05, 0) is 26.0 Å². The van der Waals surface area contributed by atoms with E-state index in [0.717, 1.165) is 0 Å². The number of aromatic nitrogens is 4. The molecule has 4 heterocycles. The van der Waals surface area contributed by atoms with Crippen molar-refractivity contribution in [2.24, 2.45) is 5.92 Å². The van der Waals surface area contributed by atoms with Crippen molar-refractivity contribution in [1.29, 1.82) is 0 Å². The van der Waals surface area contributed by atoms with Gasteiger partial charge in [0.05, 0.1) is 24.3 Å². The molecule has 0 bridgehead atoms. The van der Waals surface area contributed by atoms with E-state index >= 15 is 0 Å². The Bertz CT molecular complexity index is 1070. The quantitative estimate of drug-likeness (QED) is 0.531. The SMILES string of the molecule is C[C@@](O)(c1ccc2ncc(-c3cncc(NC[C@H]4CNCC[C@@H]4F)n3)n2c1)C(F)(F)F. The van der Waals surface area contributed by atoms with Gasteiger partial charge in [0.2, 0.25) is 0 Å². The minimum absolute atomic E-state index is 0.192. The molecule has 1 aliphatic heterocycles. The average Bonchev–Trinajstić information content (AvgIpc) is 3.16. The van der Waals surface area contributed by atoms with Gasteiger partial charge in [-0.25, -0.2) is 14.4 Å². The summed E-state index contributed by atoms with van der Waals surface area (Å²) in [6.07, 6.45) is 0.339. The van der Waals surface area contributed by atoms with Crippen molar-refractivity contribution in [1.82, 2.24) is 24.7 Å². The zero-order valence-corrected chi connectivity index (χ0v) is 16.7. The Morgan fingerprint density at radius 3 is 2.81 bits per heavy atom. The fraction of sp³-hybridized carbons (Fsp3) is 0.450. The van der Waals surface area contributed by atoms with Crippen LogP contribution >= 0.6 is 0 Å². The molecule has 4 rings (SSSR count). The Morgan fingerprint density at radius 1 is 1.26 bits per heavy atom. The molecule has 11 heteroatoms. The molecule has 0 radical (unpaired) electrons. The first-order valence-electron chi connectivity index (χ1n) is 9.84. The lowest BCUT2D eigenvalue weighted by Crippen LogP contribution is -2.41. The summed E-state index contributed by atoms with van der Waals surface area (Å²) in [7, 11) is 0. The lowest BCUT2D eigenvalue weighted by molar-refractivity contribution is -0.259. The van der Waals surface area contributed by atoms with E-state index < -0.39 is 17.9 Å². The number of hydrogen-bond donors (Lipinski definition) is 3. The van der Waals surface area contributed by atoms with Crippen molar-refractivity contribution in [2.45, 2.75) is 31.3 Å². The molecule has 7 nitrogen and oxygen atoms in total. The maximum atomic E-state index is 14.0. The van der Waals surface area contributed by atoms with E-state index in [9.17, 15) is 22.7 Å². The van der Waals surface area contributed by atoms with Gasteiger partial charge in [0.15, 0.2) is 5.60 Å². The van der Waals surface area contributed by atoms with Gasteiger partial charge in [-0.2, -0.15) is 13.2 Å². The van der Waals surface area contributed by atoms with Crippen LogP contribution < -0.4 is 10.6 Å². The number of nitrogens with zero attached hydrogens (tertiary/aromatic N) is 4. The highest BCUT2D eigenvalue weighted by atomic mass is 19.4. The van der Waals surface area contributed by atoms with E-state index in [2.05, 4.69) is 25.6 Å². The molecule has 3 N–H and O–H groups in total. The number of rotatable bonds is 5. The molecule has 0 aliphatic carbocycles. The lowest BCUT2D eigenvalue weighted by Gasteiger charge is -2.27. The van der Waals surface area contributed by atoms with Crippen LogP contribution in [0.15, 0.2) is 36.9 Å². The zero-order valence-electron chi connectivity index (χ0n) is 16.7. The maximum absolute atomic E-state index is 14.0. The van der Waals surface area contributed by atoms with Gasteiger partial charge in [0, 0.05) is 30.8 Å². The summed E-state index contributed by atoms with van der Waals surface area (Å²) >= 11 is 0. The number of alkyl halides is 4. The predicted molar refractivity (Wildman–Crippen MR) is 106 cm³/mol. The van der Waals surface area contributed by atoms with Gasteiger partial charge in [-0.1, -0.05) is 6.07 Å². The van der Waals surface area contributed by atoms with Crippen LogP contribution in [0.25, 0.3) is 17.0 Å². The van der Waals surface area contributed by atoms with Gasteiger partial charge in [0.1, 0.15) is 23.3 Å². The molecule has 0 saturated carbocycles. The van der Waals surface area contributed by atoms with Crippen LogP contribution in [0, 0.1) is 5.92 Å². The van der Waals surface area contributed by atoms with Crippen LogP contribution in [0.2, 0.25) is 0 Å². The van der Waals surface area contributed by atoms with Gasteiger partial charge < -0.3 is 15.7 Å². The van der Waals surface area contributed by atoms with Crippen LogP contribution in [0.1, 0.15) is 18.9 Å². The van der Waals surface area contributed by atoms with Crippen molar-refractivity contribution in [3.8, 4) is 11.4 Å². The molecule has 0 amide bonds. The molecule has 0 spiro atoms. The highest BCUT2D eigenvalue weighted by Crippen LogP contribution is 2.38. The van der Waals surface area contributed by atoms with Gasteiger partial charge >= 0.3 is 6.18 Å². The first kappa shape index (κ1) is 21.4. The predicted octanol–water partition coefficient (Wildman–Crippen LogP) is 2.92. The largest absolute Gasteiger partial charge is 0.421 e. The second-order valence-corrected chi connectivity index (χ2v) is 7.80. The van der Waals surface area contributed by atoms with Crippen LogP contribution in [0.3, 0.4) is 0 Å².